The summed E-state index contributed by atoms with van der Waals surface area (Å²) in [7, 11) is 1.59. The molecule has 7 nitrogen and oxygen atoms in total. The summed E-state index contributed by atoms with van der Waals surface area (Å²) in [5.41, 5.74) is 0.877. The van der Waals surface area contributed by atoms with Crippen LogP contribution in [0.3, 0.4) is 0 Å². The second kappa shape index (κ2) is 12.0. The monoisotopic (exact) mass is 380 g/mol. The van der Waals surface area contributed by atoms with E-state index in [4.69, 9.17) is 14.2 Å². The van der Waals surface area contributed by atoms with Crippen LogP contribution >= 0.6 is 0 Å². The Kier molecular flexibility index (Phi) is 10.1. The van der Waals surface area contributed by atoms with Gasteiger partial charge in [0.25, 0.3) is 0 Å². The van der Waals surface area contributed by atoms with Crippen LogP contribution in [0.15, 0.2) is 18.2 Å². The predicted molar refractivity (Wildman–Crippen MR) is 104 cm³/mol. The minimum atomic E-state index is -0.664. The van der Waals surface area contributed by atoms with Crippen molar-refractivity contribution < 1.29 is 23.8 Å². The van der Waals surface area contributed by atoms with Crippen LogP contribution < -0.4 is 20.1 Å². The highest BCUT2D eigenvalue weighted by atomic mass is 16.5. The van der Waals surface area contributed by atoms with E-state index < -0.39 is 12.1 Å². The highest BCUT2D eigenvalue weighted by molar-refractivity contribution is 5.85. The number of ether oxygens (including phenoxy) is 3. The van der Waals surface area contributed by atoms with E-state index in [9.17, 15) is 9.59 Å². The molecule has 0 radical (unpaired) electrons. The Bertz CT molecular complexity index is 604. The number of carbonyl (C=O) groups excluding carboxylic acids is 2. The molecule has 152 valence electrons. The van der Waals surface area contributed by atoms with Crippen LogP contribution in [0.5, 0.6) is 11.5 Å². The van der Waals surface area contributed by atoms with E-state index in [0.717, 1.165) is 18.4 Å². The maximum Gasteiger partial charge on any atom is 0.407 e. The van der Waals surface area contributed by atoms with Gasteiger partial charge in [-0.3, -0.25) is 4.79 Å². The number of methoxy groups -OCH3 is 1. The van der Waals surface area contributed by atoms with Crippen molar-refractivity contribution in [2.75, 3.05) is 20.3 Å². The minimum absolute atomic E-state index is 0.0710. The van der Waals surface area contributed by atoms with Gasteiger partial charge >= 0.3 is 6.09 Å². The summed E-state index contributed by atoms with van der Waals surface area (Å²) in [6.07, 6.45) is 1.44. The van der Waals surface area contributed by atoms with E-state index in [-0.39, 0.29) is 18.4 Å². The normalized spacial score (nSPS) is 11.6. The minimum Gasteiger partial charge on any atom is -0.493 e. The molecule has 0 bridgehead atoms. The molecular formula is C20H32N2O5. The van der Waals surface area contributed by atoms with Crippen LogP contribution in [-0.4, -0.2) is 38.4 Å². The summed E-state index contributed by atoms with van der Waals surface area (Å²) >= 11 is 0. The van der Waals surface area contributed by atoms with E-state index in [0.29, 0.717) is 24.7 Å². The molecule has 0 spiro atoms. The quantitative estimate of drug-likeness (QED) is 0.576. The molecule has 1 unspecified atom stereocenters. The number of carbonyl (C=O) groups is 2. The molecule has 1 rings (SSSR count). The van der Waals surface area contributed by atoms with Gasteiger partial charge in [-0.1, -0.05) is 33.3 Å². The molecule has 7 heteroatoms. The average molecular weight is 380 g/mol. The molecule has 27 heavy (non-hydrogen) atoms. The Balaban J connectivity index is 2.69. The van der Waals surface area contributed by atoms with Crippen molar-refractivity contribution in [1.82, 2.24) is 10.6 Å². The number of hydrogen-bond acceptors (Lipinski definition) is 5. The molecule has 1 aromatic carbocycles. The number of unbranched alkanes of at least 4 members (excludes halogenated alkanes) is 1. The lowest BCUT2D eigenvalue weighted by Crippen LogP contribution is -2.49. The van der Waals surface area contributed by atoms with E-state index in [1.165, 1.54) is 0 Å². The Hall–Kier alpha value is -2.44. The summed E-state index contributed by atoms with van der Waals surface area (Å²) in [6, 6.07) is 4.90. The van der Waals surface area contributed by atoms with Gasteiger partial charge in [0.05, 0.1) is 20.3 Å². The molecule has 0 aromatic heterocycles. The maximum absolute atomic E-state index is 12.5. The molecule has 2 amide bonds. The van der Waals surface area contributed by atoms with Crippen LogP contribution in [0.4, 0.5) is 4.79 Å². The predicted octanol–water partition coefficient (Wildman–Crippen LogP) is 3.26. The molecule has 0 saturated carbocycles. The summed E-state index contributed by atoms with van der Waals surface area (Å²) in [5.74, 6) is 0.978. The van der Waals surface area contributed by atoms with Crippen molar-refractivity contribution in [3.05, 3.63) is 23.8 Å². The average Bonchev–Trinajstić information content (AvgIpc) is 2.65. The zero-order valence-electron chi connectivity index (χ0n) is 17.0. The lowest BCUT2D eigenvalue weighted by molar-refractivity contribution is -0.124. The Morgan fingerprint density at radius 2 is 1.89 bits per heavy atom. The zero-order valence-corrected chi connectivity index (χ0v) is 17.0. The molecule has 0 aliphatic carbocycles. The molecule has 0 heterocycles. The van der Waals surface area contributed by atoms with Gasteiger partial charge in [0.2, 0.25) is 5.91 Å². The second-order valence-corrected chi connectivity index (χ2v) is 6.49. The van der Waals surface area contributed by atoms with Gasteiger partial charge in [0, 0.05) is 6.54 Å². The van der Waals surface area contributed by atoms with Gasteiger partial charge < -0.3 is 24.8 Å². The first-order chi connectivity index (χ1) is 12.9. The third kappa shape index (κ3) is 7.76. The van der Waals surface area contributed by atoms with Crippen molar-refractivity contribution in [1.29, 1.82) is 0 Å². The Labute approximate surface area is 161 Å². The summed E-state index contributed by atoms with van der Waals surface area (Å²) in [5, 5.41) is 5.44. The Morgan fingerprint density at radius 1 is 1.15 bits per heavy atom. The first-order valence-corrected chi connectivity index (χ1v) is 9.43. The van der Waals surface area contributed by atoms with Crippen LogP contribution in [0, 0.1) is 5.92 Å². The van der Waals surface area contributed by atoms with Crippen molar-refractivity contribution in [2.24, 2.45) is 5.92 Å². The third-order valence-corrected chi connectivity index (χ3v) is 3.95. The molecule has 0 saturated heterocycles. The van der Waals surface area contributed by atoms with Gasteiger partial charge in [-0.15, -0.1) is 0 Å². The zero-order chi connectivity index (χ0) is 20.2. The maximum atomic E-state index is 12.5. The number of nitrogens with one attached hydrogen (secondary N) is 2. The van der Waals surface area contributed by atoms with Gasteiger partial charge in [-0.05, 0) is 37.0 Å². The number of rotatable bonds is 11. The summed E-state index contributed by atoms with van der Waals surface area (Å²) in [4.78, 5) is 24.1. The van der Waals surface area contributed by atoms with E-state index in [2.05, 4.69) is 17.6 Å². The van der Waals surface area contributed by atoms with Crippen molar-refractivity contribution >= 4 is 12.0 Å². The van der Waals surface area contributed by atoms with Crippen LogP contribution in [0.2, 0.25) is 0 Å². The first kappa shape index (κ1) is 22.6. The van der Waals surface area contributed by atoms with E-state index in [1.54, 1.807) is 14.0 Å². The second-order valence-electron chi connectivity index (χ2n) is 6.49. The smallest absolute Gasteiger partial charge is 0.407 e. The molecule has 0 fully saturated rings. The third-order valence-electron chi connectivity index (χ3n) is 3.95. The van der Waals surface area contributed by atoms with Crippen LogP contribution in [0.1, 0.15) is 46.1 Å². The topological polar surface area (TPSA) is 85.9 Å². The highest BCUT2D eigenvalue weighted by Gasteiger charge is 2.24. The van der Waals surface area contributed by atoms with E-state index in [1.807, 2.05) is 32.0 Å². The van der Waals surface area contributed by atoms with Gasteiger partial charge in [0.15, 0.2) is 11.5 Å². The molecular weight excluding hydrogens is 348 g/mol. The number of alkyl carbamates (subject to hydrolysis) is 1. The lowest BCUT2D eigenvalue weighted by atomic mass is 10.0. The number of hydrogen-bond donors (Lipinski definition) is 2. The van der Waals surface area contributed by atoms with Crippen LogP contribution in [0.25, 0.3) is 0 Å². The fraction of sp³-hybridized carbons (Fsp3) is 0.600. The Morgan fingerprint density at radius 3 is 2.48 bits per heavy atom. The van der Waals surface area contributed by atoms with E-state index >= 15 is 0 Å². The fourth-order valence-corrected chi connectivity index (χ4v) is 2.40. The summed E-state index contributed by atoms with van der Waals surface area (Å²) < 4.78 is 15.9. The van der Waals surface area contributed by atoms with Crippen molar-refractivity contribution in [3.63, 3.8) is 0 Å². The molecule has 2 N–H and O–H groups in total. The molecule has 0 aliphatic rings. The number of benzene rings is 1. The lowest BCUT2D eigenvalue weighted by Gasteiger charge is -2.21. The molecule has 0 aliphatic heterocycles. The molecule has 1 atom stereocenters. The number of amides is 2. The first-order valence-electron chi connectivity index (χ1n) is 9.43. The van der Waals surface area contributed by atoms with Gasteiger partial charge in [-0.25, -0.2) is 4.79 Å². The van der Waals surface area contributed by atoms with Crippen molar-refractivity contribution in [2.45, 2.75) is 53.1 Å². The highest BCUT2D eigenvalue weighted by Crippen LogP contribution is 2.28. The fourth-order valence-electron chi connectivity index (χ4n) is 2.40. The van der Waals surface area contributed by atoms with Crippen molar-refractivity contribution in [3.8, 4) is 11.5 Å². The standard InChI is InChI=1S/C20H32N2O5/c1-6-8-11-27-16-10-9-15(12-17(16)25-5)13-21-19(23)18(14(3)4)22-20(24)26-7-2/h9-10,12,14,18H,6-8,11,13H2,1-5H3,(H,21,23)(H,22,24). The summed E-state index contributed by atoms with van der Waals surface area (Å²) in [6.45, 7) is 8.76. The SMILES string of the molecule is CCCCOc1ccc(CNC(=O)C(NC(=O)OCC)C(C)C)cc1OC. The van der Waals surface area contributed by atoms with Gasteiger partial charge in [-0.2, -0.15) is 0 Å². The van der Waals surface area contributed by atoms with Crippen LogP contribution in [-0.2, 0) is 16.1 Å². The largest absolute Gasteiger partial charge is 0.493 e. The van der Waals surface area contributed by atoms with Gasteiger partial charge in [0.1, 0.15) is 6.04 Å². The molecule has 1 aromatic rings.